The number of aliphatic hydroxyl groups excluding tert-OH is 1. The van der Waals surface area contributed by atoms with Crippen molar-refractivity contribution in [1.82, 2.24) is 30.3 Å². The summed E-state index contributed by atoms with van der Waals surface area (Å²) in [7, 11) is 0. The highest BCUT2D eigenvalue weighted by molar-refractivity contribution is 7.13. The fraction of sp³-hybridized carbons (Fsp3) is 0.500. The second-order valence-electron chi connectivity index (χ2n) is 14.5. The number of aryl methyl sites for hydroxylation is 1. The number of aliphatic hydroxyl groups is 1. The van der Waals surface area contributed by atoms with E-state index in [4.69, 9.17) is 11.5 Å². The van der Waals surface area contributed by atoms with E-state index >= 15 is 0 Å². The molecule has 2 aliphatic rings. The summed E-state index contributed by atoms with van der Waals surface area (Å²) in [5.74, 6) is -1.22. The van der Waals surface area contributed by atoms with E-state index in [1.54, 1.807) is 22.3 Å². The van der Waals surface area contributed by atoms with Gasteiger partial charge in [-0.25, -0.2) is 4.98 Å². The lowest BCUT2D eigenvalue weighted by Crippen LogP contribution is -2.49. The van der Waals surface area contributed by atoms with E-state index in [0.29, 0.717) is 44.0 Å². The molecule has 50 heavy (non-hydrogen) atoms. The number of nitrogens with one attached hydrogen (secondary N) is 1. The lowest BCUT2D eigenvalue weighted by molar-refractivity contribution is -0.142. The monoisotopic (exact) mass is 703 g/mol. The van der Waals surface area contributed by atoms with Crippen LogP contribution in [0.2, 0.25) is 0 Å². The van der Waals surface area contributed by atoms with Crippen LogP contribution in [0.15, 0.2) is 48.1 Å². The molecule has 2 amide bonds. The molecule has 13 nitrogen and oxygen atoms in total. The number of carbonyl (C=O) groups is 3. The number of thiazole rings is 1. The smallest absolute Gasteiger partial charge is 0.269 e. The summed E-state index contributed by atoms with van der Waals surface area (Å²) in [5.41, 5.74) is 17.2. The molecular formula is C36H49N9O4S. The number of primary amides is 1. The highest BCUT2D eigenvalue weighted by Gasteiger charge is 2.43. The minimum absolute atomic E-state index is 0.0216. The van der Waals surface area contributed by atoms with Gasteiger partial charge in [-0.15, -0.1) is 21.5 Å². The van der Waals surface area contributed by atoms with Crippen molar-refractivity contribution in [3.8, 4) is 10.4 Å². The molecule has 0 spiro atoms. The average molecular weight is 704 g/mol. The topological polar surface area (TPSA) is 184 Å². The fourth-order valence-electron chi connectivity index (χ4n) is 6.77. The van der Waals surface area contributed by atoms with Gasteiger partial charge in [0.15, 0.2) is 11.5 Å². The number of rotatable bonds is 12. The Kier molecular flexibility index (Phi) is 11.2. The molecule has 2 aromatic heterocycles. The normalized spacial score (nSPS) is 19.6. The number of anilines is 2. The zero-order chi connectivity index (χ0) is 36.3. The molecule has 0 saturated carbocycles. The van der Waals surface area contributed by atoms with Crippen LogP contribution in [-0.2, 0) is 9.59 Å². The molecular weight excluding hydrogens is 655 g/mol. The van der Waals surface area contributed by atoms with Gasteiger partial charge in [0.1, 0.15) is 5.78 Å². The number of carbonyl (C=O) groups excluding carboxylic acids is 3. The fourth-order valence-corrected chi connectivity index (χ4v) is 7.58. The predicted molar refractivity (Wildman–Crippen MR) is 195 cm³/mol. The zero-order valence-corrected chi connectivity index (χ0v) is 30.4. The molecule has 268 valence electrons. The Morgan fingerprint density at radius 1 is 1.12 bits per heavy atom. The zero-order valence-electron chi connectivity index (χ0n) is 29.6. The van der Waals surface area contributed by atoms with Gasteiger partial charge in [-0.2, -0.15) is 0 Å². The molecule has 3 aromatic rings. The van der Waals surface area contributed by atoms with Crippen molar-refractivity contribution >= 4 is 40.4 Å². The van der Waals surface area contributed by atoms with E-state index < -0.39 is 29.4 Å². The third kappa shape index (κ3) is 8.48. The molecule has 0 bridgehead atoms. The summed E-state index contributed by atoms with van der Waals surface area (Å²) in [6.07, 6.45) is -0.218. The van der Waals surface area contributed by atoms with Gasteiger partial charge in [-0.1, -0.05) is 51.6 Å². The molecule has 4 heterocycles. The lowest BCUT2D eigenvalue weighted by Gasteiger charge is -2.37. The number of β-amino-alcohol motifs (C(OH)–C–C–N with tert-alkyl or cyclic N) is 1. The number of nitrogens with zero attached hydrogens (tertiary/aromatic N) is 6. The Morgan fingerprint density at radius 2 is 1.80 bits per heavy atom. The van der Waals surface area contributed by atoms with Gasteiger partial charge in [0, 0.05) is 63.2 Å². The first-order valence-electron chi connectivity index (χ1n) is 17.0. The standard InChI is InChI=1S/C36H49N9O4S/c1-21(24-7-9-25(10-8-24)32-23(3)39-20-50-32)40-22(2)30-16-27(47)19-45(30)35(49)28(36(4,5)6)15-26(46)18-43-11-13-44(14-12-43)31-17-29(34(38)48)41-42-33(31)37/h7-10,17,20-21,27-28,30,40,47H,2,11-16,18-19H2,1,3-6H3,(H2,37,42)(H2,38,48)/t21-,27+,28+,30-/m1/s1. The van der Waals surface area contributed by atoms with Crippen LogP contribution in [0.5, 0.6) is 0 Å². The van der Waals surface area contributed by atoms with Crippen LogP contribution in [-0.4, -0.2) is 99.1 Å². The van der Waals surface area contributed by atoms with Crippen molar-refractivity contribution in [2.45, 2.75) is 65.6 Å². The number of hydrogen-bond acceptors (Lipinski definition) is 12. The molecule has 0 aliphatic carbocycles. The number of aromatic nitrogens is 3. The molecule has 2 saturated heterocycles. The molecule has 0 radical (unpaired) electrons. The molecule has 2 aliphatic heterocycles. The summed E-state index contributed by atoms with van der Waals surface area (Å²) in [6, 6.07) is 9.40. The van der Waals surface area contributed by atoms with Gasteiger partial charge in [-0.3, -0.25) is 19.3 Å². The highest BCUT2D eigenvalue weighted by Crippen LogP contribution is 2.35. The van der Waals surface area contributed by atoms with Gasteiger partial charge in [0.25, 0.3) is 5.91 Å². The number of amides is 2. The van der Waals surface area contributed by atoms with Crippen LogP contribution in [0.4, 0.5) is 11.5 Å². The van der Waals surface area contributed by atoms with Gasteiger partial charge < -0.3 is 31.7 Å². The van der Waals surface area contributed by atoms with Crippen LogP contribution >= 0.6 is 11.3 Å². The van der Waals surface area contributed by atoms with E-state index in [-0.39, 0.29) is 48.8 Å². The SMILES string of the molecule is C=C(N[C@H](C)c1ccc(-c2scnc2C)cc1)[C@H]1C[C@H](O)CN1C(=O)[C@H](CC(=O)CN1CCN(c2cc(C(N)=O)nnc2N)CC1)C(C)(C)C. The minimum Gasteiger partial charge on any atom is -0.391 e. The van der Waals surface area contributed by atoms with Gasteiger partial charge in [-0.05, 0) is 36.5 Å². The molecule has 0 unspecified atom stereocenters. The molecule has 1 aromatic carbocycles. The first-order chi connectivity index (χ1) is 23.6. The second kappa shape index (κ2) is 15.2. The first-order valence-corrected chi connectivity index (χ1v) is 17.9. The number of benzene rings is 1. The van der Waals surface area contributed by atoms with Gasteiger partial charge in [0.05, 0.1) is 40.5 Å². The summed E-state index contributed by atoms with van der Waals surface area (Å²) < 4.78 is 0. The Hall–Kier alpha value is -4.40. The molecule has 6 N–H and O–H groups in total. The van der Waals surface area contributed by atoms with E-state index in [2.05, 4.69) is 56.2 Å². The average Bonchev–Trinajstić information content (AvgIpc) is 3.68. The van der Waals surface area contributed by atoms with E-state index in [9.17, 15) is 19.5 Å². The molecule has 14 heteroatoms. The Labute approximate surface area is 297 Å². The van der Waals surface area contributed by atoms with E-state index in [1.807, 2.05) is 45.0 Å². The Morgan fingerprint density at radius 3 is 2.40 bits per heavy atom. The van der Waals surface area contributed by atoms with Crippen molar-refractivity contribution in [2.75, 3.05) is 49.9 Å². The van der Waals surface area contributed by atoms with Crippen LogP contribution in [0.25, 0.3) is 10.4 Å². The minimum atomic E-state index is -0.684. The first kappa shape index (κ1) is 36.9. The third-order valence-electron chi connectivity index (χ3n) is 9.73. The molecule has 4 atom stereocenters. The maximum atomic E-state index is 14.2. The Bertz CT molecular complexity index is 1710. The largest absolute Gasteiger partial charge is 0.391 e. The number of likely N-dealkylation sites (tertiary alicyclic amines) is 1. The van der Waals surface area contributed by atoms with Crippen LogP contribution in [0.1, 0.15) is 68.3 Å². The van der Waals surface area contributed by atoms with Crippen molar-refractivity contribution in [3.63, 3.8) is 0 Å². The highest BCUT2D eigenvalue weighted by atomic mass is 32.1. The van der Waals surface area contributed by atoms with Crippen LogP contribution < -0.4 is 21.7 Å². The van der Waals surface area contributed by atoms with Crippen molar-refractivity contribution in [2.24, 2.45) is 17.1 Å². The number of Topliss-reactive ketones (excluding diaryl/α,β-unsaturated/α-hetero) is 1. The third-order valence-corrected chi connectivity index (χ3v) is 10.7. The number of ketones is 1. The summed E-state index contributed by atoms with van der Waals surface area (Å²) in [6.45, 7) is 17.0. The molecule has 5 rings (SSSR count). The van der Waals surface area contributed by atoms with Gasteiger partial charge in [0.2, 0.25) is 5.91 Å². The summed E-state index contributed by atoms with van der Waals surface area (Å²) >= 11 is 1.62. The van der Waals surface area contributed by atoms with Crippen LogP contribution in [0.3, 0.4) is 0 Å². The second-order valence-corrected chi connectivity index (χ2v) is 15.3. The van der Waals surface area contributed by atoms with E-state index in [1.165, 1.54) is 0 Å². The summed E-state index contributed by atoms with van der Waals surface area (Å²) in [5, 5.41) is 21.8. The quantitative estimate of drug-likeness (QED) is 0.217. The number of nitrogens with two attached hydrogens (primary N) is 2. The maximum absolute atomic E-state index is 14.2. The maximum Gasteiger partial charge on any atom is 0.269 e. The summed E-state index contributed by atoms with van der Waals surface area (Å²) in [4.78, 5) is 50.6. The predicted octanol–water partition coefficient (Wildman–Crippen LogP) is 3.16. The van der Waals surface area contributed by atoms with Crippen molar-refractivity contribution < 1.29 is 19.5 Å². The van der Waals surface area contributed by atoms with Crippen molar-refractivity contribution in [1.29, 1.82) is 0 Å². The van der Waals surface area contributed by atoms with Gasteiger partial charge >= 0.3 is 0 Å². The number of piperazine rings is 1. The lowest BCUT2D eigenvalue weighted by atomic mass is 9.76. The molecule has 2 fully saturated rings. The van der Waals surface area contributed by atoms with E-state index in [0.717, 1.165) is 21.7 Å². The number of hydrogen-bond donors (Lipinski definition) is 4. The van der Waals surface area contributed by atoms with Crippen molar-refractivity contribution in [3.05, 3.63) is 65.1 Å². The van der Waals surface area contributed by atoms with Crippen LogP contribution in [0, 0.1) is 18.3 Å². The Balaban J connectivity index is 1.19. The number of nitrogen functional groups attached to an aromatic ring is 1.